The highest BCUT2D eigenvalue weighted by Crippen LogP contribution is 2.25. The molecule has 0 spiro atoms. The summed E-state index contributed by atoms with van der Waals surface area (Å²) < 4.78 is 5.48. The highest BCUT2D eigenvalue weighted by Gasteiger charge is 2.28. The van der Waals surface area contributed by atoms with Crippen molar-refractivity contribution in [2.75, 3.05) is 25.0 Å². The predicted octanol–water partition coefficient (Wildman–Crippen LogP) is 2.86. The van der Waals surface area contributed by atoms with Crippen LogP contribution in [-0.2, 0) is 11.2 Å². The molecule has 0 saturated carbocycles. The molecule has 2 N–H and O–H groups in total. The van der Waals surface area contributed by atoms with E-state index in [9.17, 15) is 9.59 Å². The Morgan fingerprint density at radius 2 is 2.06 bits per heavy atom. The molecular formula is C23H31N5O3. The van der Waals surface area contributed by atoms with Gasteiger partial charge in [-0.05, 0) is 43.7 Å². The van der Waals surface area contributed by atoms with Gasteiger partial charge < -0.3 is 20.0 Å². The number of pyridine rings is 1. The number of nitrogens with one attached hydrogen (secondary N) is 2. The van der Waals surface area contributed by atoms with Crippen LogP contribution in [0.4, 0.5) is 5.69 Å². The summed E-state index contributed by atoms with van der Waals surface area (Å²) in [6, 6.07) is 1.72. The lowest BCUT2D eigenvalue weighted by Crippen LogP contribution is -2.39. The van der Waals surface area contributed by atoms with E-state index in [2.05, 4.69) is 20.6 Å². The molecule has 2 amide bonds. The number of anilines is 1. The average Bonchev–Trinajstić information content (AvgIpc) is 3.36. The molecule has 1 saturated heterocycles. The number of oxazole rings is 1. The Balaban J connectivity index is 1.10. The van der Waals surface area contributed by atoms with Gasteiger partial charge in [-0.3, -0.25) is 14.6 Å². The average molecular weight is 426 g/mol. The normalized spacial score (nSPS) is 18.5. The van der Waals surface area contributed by atoms with Crippen molar-refractivity contribution in [1.82, 2.24) is 20.2 Å². The first kappa shape index (κ1) is 21.3. The van der Waals surface area contributed by atoms with Crippen molar-refractivity contribution in [3.05, 3.63) is 41.4 Å². The Kier molecular flexibility index (Phi) is 6.53. The molecule has 1 atom stereocenters. The molecule has 0 radical (unpaired) electrons. The lowest BCUT2D eigenvalue weighted by atomic mass is 9.91. The first-order valence-electron chi connectivity index (χ1n) is 11.2. The third-order valence-corrected chi connectivity index (χ3v) is 6.31. The van der Waals surface area contributed by atoms with Crippen LogP contribution < -0.4 is 10.6 Å². The van der Waals surface area contributed by atoms with Crippen LogP contribution in [0.1, 0.15) is 59.8 Å². The van der Waals surface area contributed by atoms with Crippen LogP contribution in [0.15, 0.2) is 22.9 Å². The van der Waals surface area contributed by atoms with Gasteiger partial charge in [-0.1, -0.05) is 12.8 Å². The van der Waals surface area contributed by atoms with Crippen molar-refractivity contribution in [2.24, 2.45) is 5.92 Å². The molecule has 2 aliphatic rings. The van der Waals surface area contributed by atoms with Gasteiger partial charge in [0.25, 0.3) is 5.91 Å². The van der Waals surface area contributed by atoms with Gasteiger partial charge in [0, 0.05) is 51.1 Å². The Morgan fingerprint density at radius 3 is 2.77 bits per heavy atom. The molecule has 2 aromatic heterocycles. The topological polar surface area (TPSA) is 100 Å². The van der Waals surface area contributed by atoms with Gasteiger partial charge in [-0.25, -0.2) is 4.98 Å². The van der Waals surface area contributed by atoms with Gasteiger partial charge in [-0.15, -0.1) is 0 Å². The van der Waals surface area contributed by atoms with Crippen molar-refractivity contribution in [1.29, 1.82) is 0 Å². The second-order valence-electron chi connectivity index (χ2n) is 8.60. The van der Waals surface area contributed by atoms with Gasteiger partial charge in [0.2, 0.25) is 11.7 Å². The molecular weight excluding hydrogens is 394 g/mol. The van der Waals surface area contributed by atoms with Crippen LogP contribution in [-0.4, -0.2) is 52.4 Å². The molecule has 31 heavy (non-hydrogen) atoms. The fraction of sp³-hybridized carbons (Fsp3) is 0.565. The molecule has 8 heteroatoms. The number of likely N-dealkylation sites (tertiary alicyclic amines) is 1. The predicted molar refractivity (Wildman–Crippen MR) is 117 cm³/mol. The van der Waals surface area contributed by atoms with Crippen LogP contribution >= 0.6 is 0 Å². The number of hydrogen-bond acceptors (Lipinski definition) is 6. The van der Waals surface area contributed by atoms with Gasteiger partial charge in [0.1, 0.15) is 6.04 Å². The summed E-state index contributed by atoms with van der Waals surface area (Å²) >= 11 is 0. The Morgan fingerprint density at radius 1 is 1.26 bits per heavy atom. The first-order chi connectivity index (χ1) is 15.0. The van der Waals surface area contributed by atoms with E-state index in [0.29, 0.717) is 36.2 Å². The Hall–Kier alpha value is -2.90. The monoisotopic (exact) mass is 425 g/mol. The molecule has 166 valence electrons. The van der Waals surface area contributed by atoms with E-state index in [1.807, 2.05) is 24.1 Å². The van der Waals surface area contributed by atoms with E-state index >= 15 is 0 Å². The second-order valence-corrected chi connectivity index (χ2v) is 8.60. The molecule has 2 aromatic rings. The Bertz CT molecular complexity index is 908. The largest absolute Gasteiger partial charge is 0.436 e. The van der Waals surface area contributed by atoms with E-state index < -0.39 is 0 Å². The minimum absolute atomic E-state index is 0.0438. The van der Waals surface area contributed by atoms with Crippen LogP contribution in [0.25, 0.3) is 0 Å². The molecule has 1 fully saturated rings. The third-order valence-electron chi connectivity index (χ3n) is 6.31. The van der Waals surface area contributed by atoms with Gasteiger partial charge in [0.05, 0.1) is 5.69 Å². The number of carbonyl (C=O) groups is 2. The Labute approximate surface area is 182 Å². The summed E-state index contributed by atoms with van der Waals surface area (Å²) in [4.78, 5) is 35.2. The van der Waals surface area contributed by atoms with Crippen LogP contribution in [0.2, 0.25) is 0 Å². The van der Waals surface area contributed by atoms with Crippen molar-refractivity contribution >= 4 is 17.5 Å². The maximum Gasteiger partial charge on any atom is 0.291 e. The number of aromatic nitrogens is 2. The van der Waals surface area contributed by atoms with Crippen LogP contribution in [0, 0.1) is 19.8 Å². The van der Waals surface area contributed by atoms with Gasteiger partial charge in [-0.2, -0.15) is 0 Å². The number of amides is 2. The number of rotatable bonds is 7. The molecule has 0 aliphatic carbocycles. The van der Waals surface area contributed by atoms with E-state index in [4.69, 9.17) is 4.42 Å². The molecule has 0 bridgehead atoms. The number of piperidine rings is 1. The number of carbonyl (C=O) groups excluding carboxylic acids is 2. The molecule has 0 aromatic carbocycles. The number of hydrogen-bond donors (Lipinski definition) is 2. The molecule has 1 unspecified atom stereocenters. The maximum absolute atomic E-state index is 12.6. The number of fused-ring (bicyclic) bond motifs is 1. The lowest BCUT2D eigenvalue weighted by Gasteiger charge is -2.31. The third kappa shape index (κ3) is 5.06. The number of aryl methyl sites for hydroxylation is 2. The zero-order valence-electron chi connectivity index (χ0n) is 18.3. The van der Waals surface area contributed by atoms with Gasteiger partial charge in [0.15, 0.2) is 5.89 Å². The SMILES string of the molecule is Cc1nc(C)c(C(=O)N2CCC(CCCCNC(=O)C3Cc4cnccc4N3)CC2)o1. The summed E-state index contributed by atoms with van der Waals surface area (Å²) in [5.74, 6) is 1.56. The summed E-state index contributed by atoms with van der Waals surface area (Å²) in [6.45, 7) is 5.81. The molecule has 4 rings (SSSR count). The summed E-state index contributed by atoms with van der Waals surface area (Å²) in [7, 11) is 0. The lowest BCUT2D eigenvalue weighted by molar-refractivity contribution is -0.121. The maximum atomic E-state index is 12.6. The van der Waals surface area contributed by atoms with Crippen molar-refractivity contribution in [3.8, 4) is 0 Å². The molecule has 8 nitrogen and oxygen atoms in total. The zero-order valence-corrected chi connectivity index (χ0v) is 18.3. The van der Waals surface area contributed by atoms with E-state index in [0.717, 1.165) is 56.4 Å². The van der Waals surface area contributed by atoms with Crippen molar-refractivity contribution < 1.29 is 14.0 Å². The van der Waals surface area contributed by atoms with E-state index in [-0.39, 0.29) is 17.9 Å². The van der Waals surface area contributed by atoms with Crippen LogP contribution in [0.3, 0.4) is 0 Å². The smallest absolute Gasteiger partial charge is 0.291 e. The van der Waals surface area contributed by atoms with Gasteiger partial charge >= 0.3 is 0 Å². The van der Waals surface area contributed by atoms with Crippen LogP contribution in [0.5, 0.6) is 0 Å². The first-order valence-corrected chi connectivity index (χ1v) is 11.2. The van der Waals surface area contributed by atoms with E-state index in [1.165, 1.54) is 0 Å². The number of unbranched alkanes of at least 4 members (excludes halogenated alkanes) is 1. The standard InChI is InChI=1S/C23H31N5O3/c1-15-21(31-16(2)26-15)23(30)28-11-7-17(8-12-28)5-3-4-9-25-22(29)20-13-18-14-24-10-6-19(18)27-20/h6,10,14,17,20,27H,3-5,7-9,11-13H2,1-2H3,(H,25,29). The summed E-state index contributed by atoms with van der Waals surface area (Å²) in [5, 5.41) is 6.32. The van der Waals surface area contributed by atoms with Crippen molar-refractivity contribution in [3.63, 3.8) is 0 Å². The molecule has 2 aliphatic heterocycles. The molecule has 4 heterocycles. The van der Waals surface area contributed by atoms with Crippen molar-refractivity contribution in [2.45, 2.75) is 58.4 Å². The zero-order chi connectivity index (χ0) is 21.8. The summed E-state index contributed by atoms with van der Waals surface area (Å²) in [6.07, 6.45) is 9.48. The van der Waals surface area contributed by atoms with E-state index in [1.54, 1.807) is 13.1 Å². The highest BCUT2D eigenvalue weighted by molar-refractivity contribution is 5.92. The summed E-state index contributed by atoms with van der Waals surface area (Å²) in [5.41, 5.74) is 2.77. The number of nitrogens with zero attached hydrogens (tertiary/aromatic N) is 3. The quantitative estimate of drug-likeness (QED) is 0.662. The fourth-order valence-electron chi connectivity index (χ4n) is 4.54. The minimum atomic E-state index is -0.196. The minimum Gasteiger partial charge on any atom is -0.436 e. The highest BCUT2D eigenvalue weighted by atomic mass is 16.4. The second kappa shape index (κ2) is 9.49. The fourth-order valence-corrected chi connectivity index (χ4v) is 4.54.